The molecule has 0 radical (unpaired) electrons. The molecule has 5 saturated carbocycles. The summed E-state index contributed by atoms with van der Waals surface area (Å²) in [5.74, 6) is 0.998. The van der Waals surface area contributed by atoms with Crippen molar-refractivity contribution in [2.45, 2.75) is 173 Å². The first-order chi connectivity index (χ1) is 30.3. The summed E-state index contributed by atoms with van der Waals surface area (Å²) >= 11 is 0. The highest BCUT2D eigenvalue weighted by Crippen LogP contribution is 2.78. The van der Waals surface area contributed by atoms with Crippen molar-refractivity contribution in [2.75, 3.05) is 25.9 Å². The molecule has 10 nitrogen and oxygen atoms in total. The molecule has 9 rings (SSSR count). The minimum Gasteiger partial charge on any atom is -0.508 e. The number of ketones is 2. The lowest BCUT2D eigenvalue weighted by Gasteiger charge is -2.72. The van der Waals surface area contributed by atoms with Crippen LogP contribution in [-0.4, -0.2) is 82.1 Å². The number of carbonyl (C=O) groups is 2. The number of fused-ring (bicyclic) bond motifs is 1. The number of rotatable bonds is 14. The summed E-state index contributed by atoms with van der Waals surface area (Å²) in [6.45, 7) is 13.7. The van der Waals surface area contributed by atoms with Gasteiger partial charge < -0.3 is 41.5 Å². The predicted octanol–water partition coefficient (Wildman–Crippen LogP) is 7.64. The van der Waals surface area contributed by atoms with Crippen molar-refractivity contribution in [1.29, 1.82) is 0 Å². The molecular formula is C54H77N3O7. The average molecular weight is 880 g/mol. The Kier molecular flexibility index (Phi) is 11.7. The number of aromatic hydroxyl groups is 1. The van der Waals surface area contributed by atoms with Gasteiger partial charge in [-0.2, -0.15) is 0 Å². The molecule has 1 heterocycles. The maximum absolute atomic E-state index is 15.7. The summed E-state index contributed by atoms with van der Waals surface area (Å²) < 4.78 is 6.55. The fourth-order valence-electron chi connectivity index (χ4n) is 17.4. The lowest BCUT2D eigenvalue weighted by molar-refractivity contribution is -0.210. The van der Waals surface area contributed by atoms with E-state index in [1.807, 2.05) is 25.2 Å². The Morgan fingerprint density at radius 2 is 1.77 bits per heavy atom. The molecule has 0 aromatic heterocycles. The summed E-state index contributed by atoms with van der Waals surface area (Å²) in [7, 11) is 1.89. The van der Waals surface area contributed by atoms with Gasteiger partial charge in [0.05, 0.1) is 23.2 Å². The van der Waals surface area contributed by atoms with Crippen molar-refractivity contribution < 1.29 is 34.8 Å². The number of phenols is 1. The van der Waals surface area contributed by atoms with Gasteiger partial charge in [-0.05, 0) is 172 Å². The Balaban J connectivity index is 1.11. The minimum absolute atomic E-state index is 0.00404. The number of aliphatic hydroxyl groups is 3. The van der Waals surface area contributed by atoms with E-state index in [1.165, 1.54) is 11.1 Å². The lowest BCUT2D eigenvalue weighted by atomic mass is 9.32. The Bertz CT molecular complexity index is 2190. The number of anilines is 1. The number of benzene rings is 2. The van der Waals surface area contributed by atoms with Gasteiger partial charge in [0.25, 0.3) is 0 Å². The second kappa shape index (κ2) is 16.3. The van der Waals surface area contributed by atoms with Gasteiger partial charge >= 0.3 is 0 Å². The summed E-state index contributed by atoms with van der Waals surface area (Å²) in [4.78, 5) is 30.9. The van der Waals surface area contributed by atoms with Crippen LogP contribution >= 0.6 is 0 Å². The van der Waals surface area contributed by atoms with Crippen LogP contribution in [0.25, 0.3) is 0 Å². The molecule has 2 aromatic rings. The molecule has 1 saturated heterocycles. The van der Waals surface area contributed by atoms with E-state index in [-0.39, 0.29) is 59.7 Å². The van der Waals surface area contributed by atoms with Crippen LogP contribution in [0.1, 0.15) is 148 Å². The van der Waals surface area contributed by atoms with E-state index in [0.717, 1.165) is 67.3 Å². The molecule has 6 fully saturated rings. The number of hydrogen-bond acceptors (Lipinski definition) is 10. The zero-order chi connectivity index (χ0) is 45.8. The van der Waals surface area contributed by atoms with Gasteiger partial charge in [0.2, 0.25) is 0 Å². The fourth-order valence-corrected chi connectivity index (χ4v) is 17.4. The second-order valence-corrected chi connectivity index (χ2v) is 23.2. The molecule has 1 spiro atoms. The topological polar surface area (TPSA) is 178 Å². The Hall–Kier alpha value is -3.12. The van der Waals surface area contributed by atoms with E-state index in [2.05, 4.69) is 63.5 Å². The number of epoxide rings is 1. The molecule has 6 aliphatic carbocycles. The monoisotopic (exact) mass is 880 g/mol. The average Bonchev–Trinajstić information content (AvgIpc) is 3.51. The highest BCUT2D eigenvalue weighted by Gasteiger charge is 2.76. The van der Waals surface area contributed by atoms with Crippen LogP contribution in [-0.2, 0) is 26.3 Å². The Morgan fingerprint density at radius 3 is 2.48 bits per heavy atom. The largest absolute Gasteiger partial charge is 0.508 e. The molecule has 64 heavy (non-hydrogen) atoms. The fraction of sp³-hybridized carbons (Fsp3) is 0.704. The third-order valence-corrected chi connectivity index (χ3v) is 19.2. The molecule has 0 amide bonds. The van der Waals surface area contributed by atoms with Crippen LogP contribution in [0.2, 0.25) is 0 Å². The number of nitrogen functional groups attached to an aromatic ring is 1. The van der Waals surface area contributed by atoms with Gasteiger partial charge in [0, 0.05) is 48.7 Å². The first kappa shape index (κ1) is 46.0. The number of aliphatic hydroxyl groups excluding tert-OH is 3. The number of nitrogens with one attached hydrogen (secondary N) is 2. The summed E-state index contributed by atoms with van der Waals surface area (Å²) in [6.07, 6.45) is 7.97. The van der Waals surface area contributed by atoms with E-state index in [1.54, 1.807) is 13.0 Å². The smallest absolute Gasteiger partial charge is 0.160 e. The predicted molar refractivity (Wildman–Crippen MR) is 249 cm³/mol. The lowest BCUT2D eigenvalue weighted by Crippen LogP contribution is -2.72. The number of nitrogens with two attached hydrogens (primary N) is 1. The molecule has 14 atom stereocenters. The van der Waals surface area contributed by atoms with Crippen LogP contribution in [0.5, 0.6) is 5.75 Å². The van der Waals surface area contributed by atoms with Crippen molar-refractivity contribution in [1.82, 2.24) is 10.6 Å². The molecule has 8 N–H and O–H groups in total. The van der Waals surface area contributed by atoms with Crippen molar-refractivity contribution in [2.24, 2.45) is 45.3 Å². The van der Waals surface area contributed by atoms with Crippen LogP contribution in [0, 0.1) is 45.3 Å². The summed E-state index contributed by atoms with van der Waals surface area (Å²) in [5.41, 5.74) is 8.71. The third-order valence-electron chi connectivity index (χ3n) is 19.2. The zero-order valence-corrected chi connectivity index (χ0v) is 39.6. The van der Waals surface area contributed by atoms with Crippen LogP contribution in [0.4, 0.5) is 5.69 Å². The minimum atomic E-state index is -0.865. The van der Waals surface area contributed by atoms with Crippen LogP contribution < -0.4 is 16.4 Å². The van der Waals surface area contributed by atoms with E-state index in [9.17, 15) is 20.4 Å². The standard InChI is InChI=1S/C54H77N3O7/c1-31(21-42(61)47-51(6,64-47)39-14-9-13-38(39)34-11-8-12-36(55)24-34)45-40-15-16-44-50(5)30-52(35-22-33(29-56-7)23-37(60)25-35)17-10-18-53(40,27-43(45)62)54(44,19-20-58)26-41(57-28-32(2)59)46(50)49(3,4)48(52)63/h8,11-12,22-25,31-32,38-39,41-42,44,46-47,56-61H,9-10,13-21,26-30,55H2,1-7H3/t31-,32+,38-,39+,41-,42-,44-,46+,47-,50+,51-,52+,53+,54-/m1/s1. The Labute approximate surface area is 381 Å². The number of ether oxygens (including phenoxy) is 1. The summed E-state index contributed by atoms with van der Waals surface area (Å²) in [5, 5.41) is 52.5. The first-order valence-electron chi connectivity index (χ1n) is 24.8. The molecule has 350 valence electrons. The van der Waals surface area contributed by atoms with E-state index in [4.69, 9.17) is 10.5 Å². The first-order valence-corrected chi connectivity index (χ1v) is 24.8. The molecule has 10 heteroatoms. The maximum atomic E-state index is 15.7. The van der Waals surface area contributed by atoms with E-state index >= 15 is 9.59 Å². The SMILES string of the molecule is CNCc1cc(O)cc([C@]23CCC[C@]45CC(=O)C([C@H](C)C[C@@H](O)[C@H]6O[C@]6(C)[C@H]6CCC[C@@H]6c6cccc(N)c6)=C4CC[C@@H]4[C@](C)(C2)[C@@H]([C@H](NC[C@H](C)O)C[C@]45CCO)C(C)(C)C3=O)c1. The van der Waals surface area contributed by atoms with Gasteiger partial charge in [-0.1, -0.05) is 64.3 Å². The summed E-state index contributed by atoms with van der Waals surface area (Å²) in [6, 6.07) is 13.8. The van der Waals surface area contributed by atoms with Crippen LogP contribution in [0.3, 0.4) is 0 Å². The normalized spacial score (nSPS) is 40.1. The zero-order valence-electron chi connectivity index (χ0n) is 39.6. The highest BCUT2D eigenvalue weighted by atomic mass is 16.6. The van der Waals surface area contributed by atoms with Gasteiger partial charge in [0.15, 0.2) is 5.78 Å². The van der Waals surface area contributed by atoms with Gasteiger partial charge in [-0.25, -0.2) is 0 Å². The molecule has 2 aromatic carbocycles. The van der Waals surface area contributed by atoms with Crippen molar-refractivity contribution in [3.8, 4) is 5.75 Å². The number of allylic oxidation sites excluding steroid dienone is 2. The van der Waals surface area contributed by atoms with Crippen molar-refractivity contribution in [3.63, 3.8) is 0 Å². The highest BCUT2D eigenvalue weighted by molar-refractivity contribution is 6.01. The number of carbonyl (C=O) groups excluding carboxylic acids is 2. The van der Waals surface area contributed by atoms with Crippen LogP contribution in [0.15, 0.2) is 53.6 Å². The van der Waals surface area contributed by atoms with Gasteiger partial charge in [-0.15, -0.1) is 0 Å². The van der Waals surface area contributed by atoms with Crippen molar-refractivity contribution >= 4 is 17.3 Å². The maximum Gasteiger partial charge on any atom is 0.160 e. The van der Waals surface area contributed by atoms with E-state index < -0.39 is 44.9 Å². The van der Waals surface area contributed by atoms with Gasteiger partial charge in [0.1, 0.15) is 17.6 Å². The van der Waals surface area contributed by atoms with E-state index in [0.29, 0.717) is 57.5 Å². The second-order valence-electron chi connectivity index (χ2n) is 23.2. The van der Waals surface area contributed by atoms with Gasteiger partial charge in [-0.3, -0.25) is 9.59 Å². The number of hydrogen-bond donors (Lipinski definition) is 7. The number of Topliss-reactive ketones (excluding diaryl/α,β-unsaturated/α-hetero) is 2. The quantitative estimate of drug-likeness (QED) is 0.0737. The molecule has 7 aliphatic rings. The molecular weight excluding hydrogens is 803 g/mol. The van der Waals surface area contributed by atoms with Crippen molar-refractivity contribution in [3.05, 3.63) is 70.3 Å². The molecule has 5 bridgehead atoms. The molecule has 1 aliphatic heterocycles. The molecule has 0 unspecified atom stereocenters. The Morgan fingerprint density at radius 1 is 0.984 bits per heavy atom. The third kappa shape index (κ3) is 6.84. The number of phenolic OH excluding ortho intramolecular Hbond substituents is 1.